The van der Waals surface area contributed by atoms with Crippen LogP contribution in [0.2, 0.25) is 0 Å². The van der Waals surface area contributed by atoms with Crippen LogP contribution in [0.5, 0.6) is 0 Å². The number of halogens is 1. The highest BCUT2D eigenvalue weighted by Crippen LogP contribution is 2.44. The number of rotatable bonds is 3. The van der Waals surface area contributed by atoms with Gasteiger partial charge in [0.1, 0.15) is 11.2 Å². The van der Waals surface area contributed by atoms with Gasteiger partial charge in [0.2, 0.25) is 5.91 Å². The van der Waals surface area contributed by atoms with E-state index in [4.69, 9.17) is 5.26 Å². The van der Waals surface area contributed by atoms with Gasteiger partial charge < -0.3 is 5.32 Å². The molecule has 2 rings (SSSR count). The number of benzene rings is 1. The molecular formula is C12H11FN2O. The Hall–Kier alpha value is -1.89. The van der Waals surface area contributed by atoms with E-state index < -0.39 is 5.41 Å². The lowest BCUT2D eigenvalue weighted by molar-refractivity contribution is -0.124. The van der Waals surface area contributed by atoms with Crippen LogP contribution in [-0.2, 0) is 11.3 Å². The Morgan fingerprint density at radius 2 is 2.31 bits per heavy atom. The quantitative estimate of drug-likeness (QED) is 0.840. The number of nitriles is 1. The molecule has 0 atom stereocenters. The third-order valence-corrected chi connectivity index (χ3v) is 2.74. The summed E-state index contributed by atoms with van der Waals surface area (Å²) in [5.74, 6) is -0.576. The Balaban J connectivity index is 1.94. The smallest absolute Gasteiger partial charge is 0.240 e. The van der Waals surface area contributed by atoms with Crippen LogP contribution in [0.4, 0.5) is 4.39 Å². The molecule has 0 saturated heterocycles. The Morgan fingerprint density at radius 1 is 1.56 bits per heavy atom. The maximum Gasteiger partial charge on any atom is 0.240 e. The zero-order valence-corrected chi connectivity index (χ0v) is 8.66. The molecule has 1 amide bonds. The van der Waals surface area contributed by atoms with Crippen molar-refractivity contribution in [1.82, 2.24) is 5.32 Å². The third-order valence-electron chi connectivity index (χ3n) is 2.74. The lowest BCUT2D eigenvalue weighted by Gasteiger charge is -2.07. The second kappa shape index (κ2) is 3.93. The molecule has 0 unspecified atom stereocenters. The largest absolute Gasteiger partial charge is 0.351 e. The topological polar surface area (TPSA) is 52.9 Å². The summed E-state index contributed by atoms with van der Waals surface area (Å²) in [5.41, 5.74) is -0.116. The average Bonchev–Trinajstić information content (AvgIpc) is 3.07. The standard InChI is InChI=1S/C12H11FN2O/c13-10-3-1-2-9(6-10)7-15-11(16)12(8-14)4-5-12/h1-3,6H,4-5,7H2,(H,15,16). The number of carbonyl (C=O) groups is 1. The van der Waals surface area contributed by atoms with Gasteiger partial charge in [-0.3, -0.25) is 4.79 Å². The summed E-state index contributed by atoms with van der Waals surface area (Å²) in [6.45, 7) is 0.264. The van der Waals surface area contributed by atoms with Gasteiger partial charge >= 0.3 is 0 Å². The van der Waals surface area contributed by atoms with Crippen LogP contribution in [0.1, 0.15) is 18.4 Å². The van der Waals surface area contributed by atoms with E-state index in [-0.39, 0.29) is 18.3 Å². The molecule has 1 aromatic rings. The molecule has 4 heteroatoms. The molecule has 1 N–H and O–H groups in total. The van der Waals surface area contributed by atoms with Gasteiger partial charge in [-0.2, -0.15) is 5.26 Å². The molecule has 0 bridgehead atoms. The molecule has 16 heavy (non-hydrogen) atoms. The molecule has 0 aromatic heterocycles. The number of nitrogens with one attached hydrogen (secondary N) is 1. The molecule has 3 nitrogen and oxygen atoms in total. The zero-order chi connectivity index (χ0) is 11.6. The van der Waals surface area contributed by atoms with E-state index in [1.54, 1.807) is 12.1 Å². The van der Waals surface area contributed by atoms with Gasteiger partial charge in [0.05, 0.1) is 6.07 Å². The number of nitrogens with zero attached hydrogens (tertiary/aromatic N) is 1. The van der Waals surface area contributed by atoms with Crippen molar-refractivity contribution in [2.75, 3.05) is 0 Å². The Bertz CT molecular complexity index is 460. The first kappa shape index (κ1) is 10.6. The zero-order valence-electron chi connectivity index (χ0n) is 8.66. The summed E-state index contributed by atoms with van der Waals surface area (Å²) in [4.78, 5) is 11.6. The Labute approximate surface area is 92.9 Å². The number of amides is 1. The molecule has 1 aliphatic rings. The lowest BCUT2D eigenvalue weighted by Crippen LogP contribution is -2.30. The van der Waals surface area contributed by atoms with Crippen LogP contribution >= 0.6 is 0 Å². The molecule has 82 valence electrons. The molecule has 1 aliphatic carbocycles. The summed E-state index contributed by atoms with van der Waals surface area (Å²) in [6.07, 6.45) is 1.25. The normalized spacial score (nSPS) is 16.2. The third kappa shape index (κ3) is 2.03. The fourth-order valence-electron chi connectivity index (χ4n) is 1.51. The maximum absolute atomic E-state index is 12.8. The minimum atomic E-state index is -0.812. The van der Waals surface area contributed by atoms with Gasteiger partial charge in [0.25, 0.3) is 0 Å². The van der Waals surface area contributed by atoms with Gasteiger partial charge in [0, 0.05) is 6.54 Å². The monoisotopic (exact) mass is 218 g/mol. The van der Waals surface area contributed by atoms with Gasteiger partial charge in [-0.1, -0.05) is 12.1 Å². The highest BCUT2D eigenvalue weighted by molar-refractivity contribution is 5.88. The molecule has 1 saturated carbocycles. The van der Waals surface area contributed by atoms with E-state index in [1.165, 1.54) is 12.1 Å². The van der Waals surface area contributed by atoms with Gasteiger partial charge in [0.15, 0.2) is 0 Å². The van der Waals surface area contributed by atoms with Gasteiger partial charge in [-0.25, -0.2) is 4.39 Å². The highest BCUT2D eigenvalue weighted by Gasteiger charge is 2.50. The van der Waals surface area contributed by atoms with E-state index >= 15 is 0 Å². The van der Waals surface area contributed by atoms with Crippen molar-refractivity contribution >= 4 is 5.91 Å². The first-order valence-electron chi connectivity index (χ1n) is 5.10. The van der Waals surface area contributed by atoms with Crippen molar-refractivity contribution in [3.05, 3.63) is 35.6 Å². The summed E-state index contributed by atoms with van der Waals surface area (Å²) < 4.78 is 12.8. The van der Waals surface area contributed by atoms with Crippen LogP contribution in [0.15, 0.2) is 24.3 Å². The number of hydrogen-bond donors (Lipinski definition) is 1. The van der Waals surface area contributed by atoms with E-state index in [9.17, 15) is 9.18 Å². The van der Waals surface area contributed by atoms with Crippen molar-refractivity contribution in [2.45, 2.75) is 19.4 Å². The molecule has 0 spiro atoms. The van der Waals surface area contributed by atoms with E-state index in [0.717, 1.165) is 0 Å². The second-order valence-corrected chi connectivity index (χ2v) is 4.01. The van der Waals surface area contributed by atoms with Crippen molar-refractivity contribution in [3.63, 3.8) is 0 Å². The first-order chi connectivity index (χ1) is 7.66. The fourth-order valence-corrected chi connectivity index (χ4v) is 1.51. The van der Waals surface area contributed by atoms with Crippen LogP contribution in [0.25, 0.3) is 0 Å². The minimum Gasteiger partial charge on any atom is -0.351 e. The Morgan fingerprint density at radius 3 is 2.88 bits per heavy atom. The molecule has 0 heterocycles. The van der Waals surface area contributed by atoms with Gasteiger partial charge in [-0.15, -0.1) is 0 Å². The molecule has 1 aromatic carbocycles. The minimum absolute atomic E-state index is 0.251. The number of hydrogen-bond acceptors (Lipinski definition) is 2. The van der Waals surface area contributed by atoms with E-state index in [0.29, 0.717) is 18.4 Å². The summed E-state index contributed by atoms with van der Waals surface area (Å²) in [7, 11) is 0. The first-order valence-corrected chi connectivity index (χ1v) is 5.10. The highest BCUT2D eigenvalue weighted by atomic mass is 19.1. The van der Waals surface area contributed by atoms with Crippen molar-refractivity contribution < 1.29 is 9.18 Å². The van der Waals surface area contributed by atoms with E-state index in [2.05, 4.69) is 5.32 Å². The van der Waals surface area contributed by atoms with Crippen LogP contribution in [0, 0.1) is 22.6 Å². The SMILES string of the molecule is N#CC1(C(=O)NCc2cccc(F)c2)CC1. The molecular weight excluding hydrogens is 207 g/mol. The molecule has 0 radical (unpaired) electrons. The summed E-state index contributed by atoms with van der Waals surface area (Å²) in [6, 6.07) is 8.05. The summed E-state index contributed by atoms with van der Waals surface area (Å²) >= 11 is 0. The van der Waals surface area contributed by atoms with Crippen LogP contribution in [-0.4, -0.2) is 5.91 Å². The Kier molecular flexibility index (Phi) is 2.61. The fraction of sp³-hybridized carbons (Fsp3) is 0.333. The summed E-state index contributed by atoms with van der Waals surface area (Å²) in [5, 5.41) is 11.4. The number of carbonyl (C=O) groups excluding carboxylic acids is 1. The maximum atomic E-state index is 12.8. The molecule has 1 fully saturated rings. The predicted octanol–water partition coefficient (Wildman–Crippen LogP) is 1.75. The van der Waals surface area contributed by atoms with Gasteiger partial charge in [-0.05, 0) is 30.5 Å². The second-order valence-electron chi connectivity index (χ2n) is 4.01. The van der Waals surface area contributed by atoms with E-state index in [1.807, 2.05) is 6.07 Å². The van der Waals surface area contributed by atoms with Crippen LogP contribution in [0.3, 0.4) is 0 Å². The molecule has 0 aliphatic heterocycles. The average molecular weight is 218 g/mol. The van der Waals surface area contributed by atoms with Crippen molar-refractivity contribution in [3.8, 4) is 6.07 Å². The lowest BCUT2D eigenvalue weighted by atomic mass is 10.1. The van der Waals surface area contributed by atoms with Crippen molar-refractivity contribution in [1.29, 1.82) is 5.26 Å². The van der Waals surface area contributed by atoms with Crippen molar-refractivity contribution in [2.24, 2.45) is 5.41 Å². The van der Waals surface area contributed by atoms with Crippen LogP contribution < -0.4 is 5.32 Å². The predicted molar refractivity (Wildman–Crippen MR) is 55.5 cm³/mol.